The summed E-state index contributed by atoms with van der Waals surface area (Å²) in [6.45, 7) is 0. The lowest BCUT2D eigenvalue weighted by atomic mass is 9.99. The van der Waals surface area contributed by atoms with Crippen LogP contribution in [-0.4, -0.2) is 6.36 Å². The van der Waals surface area contributed by atoms with E-state index in [1.54, 1.807) is 0 Å². The number of halogens is 5. The zero-order valence-electron chi connectivity index (χ0n) is 10.5. The van der Waals surface area contributed by atoms with E-state index in [2.05, 4.69) is 20.7 Å². The second-order valence-electron chi connectivity index (χ2n) is 4.26. The first kappa shape index (κ1) is 15.8. The van der Waals surface area contributed by atoms with Crippen LogP contribution in [0.4, 0.5) is 17.6 Å². The van der Waals surface area contributed by atoms with Crippen molar-refractivity contribution in [3.05, 3.63) is 63.9 Å². The number of hydrogen-bond donors (Lipinski definition) is 1. The van der Waals surface area contributed by atoms with Crippen LogP contribution in [0.3, 0.4) is 0 Å². The van der Waals surface area contributed by atoms with Crippen molar-refractivity contribution in [1.82, 2.24) is 0 Å². The van der Waals surface area contributed by atoms with Gasteiger partial charge in [0.25, 0.3) is 0 Å². The summed E-state index contributed by atoms with van der Waals surface area (Å²) in [6, 6.07) is 8.54. The maximum absolute atomic E-state index is 13.3. The summed E-state index contributed by atoms with van der Waals surface area (Å²) in [7, 11) is 0. The van der Waals surface area contributed by atoms with E-state index in [0.717, 1.165) is 12.1 Å². The highest BCUT2D eigenvalue weighted by Gasteiger charge is 2.31. The second-order valence-corrected chi connectivity index (χ2v) is 5.11. The molecule has 2 aromatic rings. The lowest BCUT2D eigenvalue weighted by molar-refractivity contribution is -0.274. The van der Waals surface area contributed by atoms with Crippen LogP contribution >= 0.6 is 15.9 Å². The van der Waals surface area contributed by atoms with Crippen LogP contribution in [0.15, 0.2) is 46.9 Å². The van der Waals surface area contributed by atoms with Crippen molar-refractivity contribution in [3.63, 3.8) is 0 Å². The molecule has 0 saturated heterocycles. The van der Waals surface area contributed by atoms with E-state index in [4.69, 9.17) is 5.73 Å². The van der Waals surface area contributed by atoms with Gasteiger partial charge in [0.05, 0.1) is 6.04 Å². The molecule has 1 atom stereocenters. The lowest BCUT2D eigenvalue weighted by Gasteiger charge is -2.15. The molecule has 2 aromatic carbocycles. The second kappa shape index (κ2) is 6.03. The summed E-state index contributed by atoms with van der Waals surface area (Å²) < 4.78 is 53.8. The van der Waals surface area contributed by atoms with E-state index in [0.29, 0.717) is 15.6 Å². The SMILES string of the molecule is N[C@@H](c1ccc(OC(F)(F)F)cc1)c1cc(F)ccc1Br. The molecule has 0 saturated carbocycles. The number of hydrogen-bond acceptors (Lipinski definition) is 2. The summed E-state index contributed by atoms with van der Waals surface area (Å²) in [5, 5.41) is 0. The molecule has 0 unspecified atom stereocenters. The maximum atomic E-state index is 13.3. The quantitative estimate of drug-likeness (QED) is 0.812. The van der Waals surface area contributed by atoms with E-state index in [1.165, 1.54) is 30.3 Å². The van der Waals surface area contributed by atoms with E-state index in [-0.39, 0.29) is 5.75 Å². The highest BCUT2D eigenvalue weighted by atomic mass is 79.9. The molecular formula is C14H10BrF4NO. The first-order chi connectivity index (χ1) is 9.76. The highest BCUT2D eigenvalue weighted by Crippen LogP contribution is 2.29. The zero-order chi connectivity index (χ0) is 15.6. The van der Waals surface area contributed by atoms with Gasteiger partial charge in [-0.05, 0) is 41.5 Å². The van der Waals surface area contributed by atoms with Gasteiger partial charge in [0.2, 0.25) is 0 Å². The van der Waals surface area contributed by atoms with Crippen LogP contribution in [-0.2, 0) is 0 Å². The van der Waals surface area contributed by atoms with E-state index in [1.807, 2.05) is 0 Å². The van der Waals surface area contributed by atoms with Crippen molar-refractivity contribution in [2.45, 2.75) is 12.4 Å². The van der Waals surface area contributed by atoms with Crippen molar-refractivity contribution >= 4 is 15.9 Å². The number of nitrogens with two attached hydrogens (primary N) is 1. The average Bonchev–Trinajstić information content (AvgIpc) is 2.40. The summed E-state index contributed by atoms with van der Waals surface area (Å²) >= 11 is 3.26. The predicted molar refractivity (Wildman–Crippen MR) is 73.3 cm³/mol. The molecular weight excluding hydrogens is 354 g/mol. The van der Waals surface area contributed by atoms with Gasteiger partial charge in [-0.25, -0.2) is 4.39 Å². The van der Waals surface area contributed by atoms with Crippen molar-refractivity contribution in [1.29, 1.82) is 0 Å². The Kier molecular flexibility index (Phi) is 4.53. The molecule has 21 heavy (non-hydrogen) atoms. The fourth-order valence-electron chi connectivity index (χ4n) is 1.81. The van der Waals surface area contributed by atoms with Crippen molar-refractivity contribution in [2.75, 3.05) is 0 Å². The Morgan fingerprint density at radius 2 is 1.67 bits per heavy atom. The molecule has 0 aliphatic rings. The maximum Gasteiger partial charge on any atom is 0.573 e. The first-order valence-electron chi connectivity index (χ1n) is 5.82. The predicted octanol–water partition coefficient (Wildman–Crippen LogP) is 4.53. The van der Waals surface area contributed by atoms with Crippen molar-refractivity contribution in [3.8, 4) is 5.75 Å². The van der Waals surface area contributed by atoms with Crippen molar-refractivity contribution in [2.24, 2.45) is 5.73 Å². The van der Waals surface area contributed by atoms with Crippen LogP contribution < -0.4 is 10.5 Å². The van der Waals surface area contributed by atoms with Gasteiger partial charge < -0.3 is 10.5 Å². The van der Waals surface area contributed by atoms with Crippen LogP contribution in [0, 0.1) is 5.82 Å². The third-order valence-corrected chi connectivity index (χ3v) is 3.49. The van der Waals surface area contributed by atoms with Gasteiger partial charge in [0.15, 0.2) is 0 Å². The molecule has 0 aromatic heterocycles. The summed E-state index contributed by atoms with van der Waals surface area (Å²) in [5.41, 5.74) is 7.04. The smallest absolute Gasteiger partial charge is 0.406 e. The van der Waals surface area contributed by atoms with Crippen molar-refractivity contribution < 1.29 is 22.3 Å². The molecule has 0 amide bonds. The topological polar surface area (TPSA) is 35.2 Å². The van der Waals surface area contributed by atoms with E-state index in [9.17, 15) is 17.6 Å². The standard InChI is InChI=1S/C14H10BrF4NO/c15-12-6-3-9(16)7-11(12)13(20)8-1-4-10(5-2-8)21-14(17,18)19/h1-7,13H,20H2/t13-/m0/s1. The number of ether oxygens (including phenoxy) is 1. The molecule has 0 aliphatic heterocycles. The fourth-order valence-corrected chi connectivity index (χ4v) is 2.30. The molecule has 2 nitrogen and oxygen atoms in total. The molecule has 112 valence electrons. The van der Waals surface area contributed by atoms with Gasteiger partial charge in [-0.15, -0.1) is 13.2 Å². The Morgan fingerprint density at radius 1 is 1.05 bits per heavy atom. The first-order valence-corrected chi connectivity index (χ1v) is 6.62. The van der Waals surface area contributed by atoms with Gasteiger partial charge in [0.1, 0.15) is 11.6 Å². The molecule has 0 radical (unpaired) electrons. The summed E-state index contributed by atoms with van der Waals surface area (Å²) in [5.74, 6) is -0.780. The van der Waals surface area contributed by atoms with E-state index < -0.39 is 18.2 Å². The van der Waals surface area contributed by atoms with Crippen LogP contribution in [0.5, 0.6) is 5.75 Å². The Hall–Kier alpha value is -1.60. The van der Waals surface area contributed by atoms with Gasteiger partial charge in [0, 0.05) is 4.47 Å². The minimum Gasteiger partial charge on any atom is -0.406 e. The van der Waals surface area contributed by atoms with Gasteiger partial charge in [-0.3, -0.25) is 0 Å². The molecule has 2 rings (SSSR count). The minimum absolute atomic E-state index is 0.336. The van der Waals surface area contributed by atoms with Gasteiger partial charge in [-0.1, -0.05) is 28.1 Å². The molecule has 2 N–H and O–H groups in total. The van der Waals surface area contributed by atoms with Gasteiger partial charge in [-0.2, -0.15) is 0 Å². The molecule has 0 spiro atoms. The third-order valence-electron chi connectivity index (χ3n) is 2.77. The molecule has 7 heteroatoms. The van der Waals surface area contributed by atoms with Gasteiger partial charge >= 0.3 is 6.36 Å². The van der Waals surface area contributed by atoms with E-state index >= 15 is 0 Å². The van der Waals surface area contributed by atoms with Crippen LogP contribution in [0.2, 0.25) is 0 Å². The largest absolute Gasteiger partial charge is 0.573 e. The number of rotatable bonds is 3. The number of alkyl halides is 3. The number of benzene rings is 2. The lowest BCUT2D eigenvalue weighted by Crippen LogP contribution is -2.17. The third kappa shape index (κ3) is 4.18. The summed E-state index contributed by atoms with van der Waals surface area (Å²) in [4.78, 5) is 0. The monoisotopic (exact) mass is 363 g/mol. The Morgan fingerprint density at radius 3 is 2.24 bits per heavy atom. The van der Waals surface area contributed by atoms with Crippen LogP contribution in [0.25, 0.3) is 0 Å². The molecule has 0 fully saturated rings. The Bertz CT molecular complexity index is 628. The zero-order valence-corrected chi connectivity index (χ0v) is 12.1. The summed E-state index contributed by atoms with van der Waals surface area (Å²) in [6.07, 6.45) is -4.74. The Labute approximate surface area is 126 Å². The molecule has 0 heterocycles. The highest BCUT2D eigenvalue weighted by molar-refractivity contribution is 9.10. The Balaban J connectivity index is 2.24. The normalized spacial score (nSPS) is 13.0. The minimum atomic E-state index is -4.74. The molecule has 0 bridgehead atoms. The fraction of sp³-hybridized carbons (Fsp3) is 0.143. The molecule has 0 aliphatic carbocycles. The van der Waals surface area contributed by atoms with Crippen LogP contribution in [0.1, 0.15) is 17.2 Å². The average molecular weight is 364 g/mol.